The first kappa shape index (κ1) is 24.1. The van der Waals surface area contributed by atoms with Crippen molar-refractivity contribution in [1.29, 1.82) is 0 Å². The van der Waals surface area contributed by atoms with Crippen molar-refractivity contribution in [2.75, 3.05) is 31.6 Å². The molecule has 0 bridgehead atoms. The van der Waals surface area contributed by atoms with Gasteiger partial charge < -0.3 is 10.6 Å². The van der Waals surface area contributed by atoms with Crippen LogP contribution in [0.15, 0.2) is 4.99 Å². The second-order valence-electron chi connectivity index (χ2n) is 5.73. The fourth-order valence-corrected chi connectivity index (χ4v) is 4.47. The molecular weight excluding hydrogens is 463 g/mol. The van der Waals surface area contributed by atoms with Crippen LogP contribution in [0.4, 0.5) is 0 Å². The van der Waals surface area contributed by atoms with E-state index in [9.17, 15) is 12.6 Å². The minimum absolute atomic E-state index is 0. The van der Waals surface area contributed by atoms with Crippen molar-refractivity contribution >= 4 is 50.8 Å². The second-order valence-corrected chi connectivity index (χ2v) is 9.56. The molecule has 0 aromatic carbocycles. The lowest BCUT2D eigenvalue weighted by Gasteiger charge is -2.30. The van der Waals surface area contributed by atoms with E-state index in [1.807, 2.05) is 13.8 Å². The molecule has 1 saturated carbocycles. The Labute approximate surface area is 165 Å². The molecular formula is C14H31IN4O3S2. The van der Waals surface area contributed by atoms with E-state index >= 15 is 0 Å². The number of hydrogen-bond donors (Lipinski definition) is 3. The van der Waals surface area contributed by atoms with Gasteiger partial charge in [-0.1, -0.05) is 13.3 Å². The zero-order chi connectivity index (χ0) is 17.3. The average molecular weight is 494 g/mol. The fourth-order valence-electron chi connectivity index (χ4n) is 2.66. The van der Waals surface area contributed by atoms with E-state index in [4.69, 9.17) is 0 Å². The lowest BCUT2D eigenvalue weighted by atomic mass is 9.95. The maximum Gasteiger partial charge on any atom is 0.208 e. The van der Waals surface area contributed by atoms with Gasteiger partial charge in [-0.15, -0.1) is 24.0 Å². The van der Waals surface area contributed by atoms with Gasteiger partial charge in [-0.3, -0.25) is 9.20 Å². The van der Waals surface area contributed by atoms with E-state index in [-0.39, 0.29) is 41.8 Å². The summed E-state index contributed by atoms with van der Waals surface area (Å²) in [6.07, 6.45) is 5.18. The molecule has 0 aromatic heterocycles. The molecule has 10 heteroatoms. The van der Waals surface area contributed by atoms with Gasteiger partial charge in [-0.2, -0.15) is 0 Å². The third kappa shape index (κ3) is 10.1. The molecule has 144 valence electrons. The number of nitrogens with one attached hydrogen (secondary N) is 3. The normalized spacial score (nSPS) is 23.2. The summed E-state index contributed by atoms with van der Waals surface area (Å²) in [4.78, 5) is 4.39. The number of halogens is 1. The summed E-state index contributed by atoms with van der Waals surface area (Å²) in [7, 11) is -3.92. The standard InChI is InChI=1S/C14H30N4O3S2.HI/c1-4-15-14(16-9-10-17-23(3,20)21)18-12-7-6-8-13(11-12)22(19)5-2;/h12-13,17H,4-11H2,1-3H3,(H2,15,16,18);1H. The lowest BCUT2D eigenvalue weighted by Crippen LogP contribution is -2.47. The second kappa shape index (κ2) is 12.4. The fraction of sp³-hybridized carbons (Fsp3) is 0.929. The summed E-state index contributed by atoms with van der Waals surface area (Å²) < 4.78 is 36.5. The first-order chi connectivity index (χ1) is 10.9. The van der Waals surface area contributed by atoms with Crippen molar-refractivity contribution in [3.8, 4) is 0 Å². The topological polar surface area (TPSA) is 99.7 Å². The van der Waals surface area contributed by atoms with Gasteiger partial charge in [-0.25, -0.2) is 13.1 Å². The number of hydrogen-bond acceptors (Lipinski definition) is 4. The van der Waals surface area contributed by atoms with Crippen molar-refractivity contribution in [3.63, 3.8) is 0 Å². The van der Waals surface area contributed by atoms with Gasteiger partial charge in [-0.05, 0) is 26.2 Å². The average Bonchev–Trinajstić information content (AvgIpc) is 2.50. The van der Waals surface area contributed by atoms with Crippen molar-refractivity contribution < 1.29 is 12.6 Å². The molecule has 3 N–H and O–H groups in total. The van der Waals surface area contributed by atoms with Crippen molar-refractivity contribution in [2.24, 2.45) is 4.99 Å². The molecule has 0 saturated heterocycles. The summed E-state index contributed by atoms with van der Waals surface area (Å²) in [5.41, 5.74) is 0. The van der Waals surface area contributed by atoms with E-state index in [1.165, 1.54) is 0 Å². The first-order valence-corrected chi connectivity index (χ1v) is 11.5. The Hall–Kier alpha value is 0.0600. The van der Waals surface area contributed by atoms with Gasteiger partial charge in [0.15, 0.2) is 5.96 Å². The Bertz CT molecular complexity index is 514. The molecule has 1 aliphatic carbocycles. The maximum absolute atomic E-state index is 12.0. The Kier molecular flexibility index (Phi) is 12.5. The number of guanidine groups is 1. The smallest absolute Gasteiger partial charge is 0.208 e. The van der Waals surface area contributed by atoms with Crippen LogP contribution in [0.2, 0.25) is 0 Å². The molecule has 0 aliphatic heterocycles. The molecule has 1 aliphatic rings. The monoisotopic (exact) mass is 494 g/mol. The van der Waals surface area contributed by atoms with Crippen LogP contribution in [-0.4, -0.2) is 61.5 Å². The van der Waals surface area contributed by atoms with E-state index in [0.29, 0.717) is 18.3 Å². The summed E-state index contributed by atoms with van der Waals surface area (Å²) in [5.74, 6) is 1.40. The molecule has 0 amide bonds. The first-order valence-electron chi connectivity index (χ1n) is 8.22. The van der Waals surface area contributed by atoms with Crippen LogP contribution in [0.25, 0.3) is 0 Å². The van der Waals surface area contributed by atoms with E-state index < -0.39 is 20.8 Å². The molecule has 0 radical (unpaired) electrons. The molecule has 3 unspecified atom stereocenters. The van der Waals surface area contributed by atoms with Crippen LogP contribution in [0.3, 0.4) is 0 Å². The highest BCUT2D eigenvalue weighted by Crippen LogP contribution is 2.22. The highest BCUT2D eigenvalue weighted by molar-refractivity contribution is 14.0. The number of rotatable bonds is 8. The molecule has 1 fully saturated rings. The van der Waals surface area contributed by atoms with Crippen LogP contribution in [0.5, 0.6) is 0 Å². The van der Waals surface area contributed by atoms with Gasteiger partial charge in [0.05, 0.1) is 12.8 Å². The Morgan fingerprint density at radius 3 is 2.58 bits per heavy atom. The number of aliphatic imine (C=N–C) groups is 1. The van der Waals surface area contributed by atoms with Crippen LogP contribution in [-0.2, 0) is 20.8 Å². The summed E-state index contributed by atoms with van der Waals surface area (Å²) in [6.45, 7) is 5.35. The van der Waals surface area contributed by atoms with Crippen molar-refractivity contribution in [3.05, 3.63) is 0 Å². The van der Waals surface area contributed by atoms with Crippen LogP contribution < -0.4 is 15.4 Å². The van der Waals surface area contributed by atoms with Crippen molar-refractivity contribution in [2.45, 2.75) is 50.8 Å². The number of sulfonamides is 1. The Morgan fingerprint density at radius 1 is 1.29 bits per heavy atom. The maximum atomic E-state index is 12.0. The minimum atomic E-state index is -3.18. The Morgan fingerprint density at radius 2 is 2.00 bits per heavy atom. The highest BCUT2D eigenvalue weighted by atomic mass is 127. The summed E-state index contributed by atoms with van der Waals surface area (Å²) >= 11 is 0. The van der Waals surface area contributed by atoms with Gasteiger partial charge in [0, 0.05) is 40.9 Å². The SMILES string of the molecule is CCNC(=NCCNS(C)(=O)=O)NC1CCCC(S(=O)CC)C1.I. The van der Waals surface area contributed by atoms with E-state index in [0.717, 1.165) is 38.5 Å². The molecule has 7 nitrogen and oxygen atoms in total. The lowest BCUT2D eigenvalue weighted by molar-refractivity contribution is 0.413. The molecule has 3 atom stereocenters. The van der Waals surface area contributed by atoms with Crippen LogP contribution in [0.1, 0.15) is 39.5 Å². The predicted molar refractivity (Wildman–Crippen MR) is 112 cm³/mol. The van der Waals surface area contributed by atoms with Crippen molar-refractivity contribution in [1.82, 2.24) is 15.4 Å². The van der Waals surface area contributed by atoms with E-state index in [1.54, 1.807) is 0 Å². The molecule has 1 rings (SSSR count). The summed E-state index contributed by atoms with van der Waals surface area (Å²) in [5, 5.41) is 6.83. The largest absolute Gasteiger partial charge is 0.357 e. The van der Waals surface area contributed by atoms with Gasteiger partial charge in [0.25, 0.3) is 0 Å². The third-order valence-electron chi connectivity index (χ3n) is 3.71. The zero-order valence-electron chi connectivity index (χ0n) is 14.7. The third-order valence-corrected chi connectivity index (χ3v) is 6.18. The van der Waals surface area contributed by atoms with Crippen LogP contribution in [0, 0.1) is 0 Å². The quantitative estimate of drug-likeness (QED) is 0.201. The van der Waals surface area contributed by atoms with Crippen LogP contribution >= 0.6 is 24.0 Å². The van der Waals surface area contributed by atoms with Gasteiger partial charge in [0.2, 0.25) is 10.0 Å². The molecule has 0 aromatic rings. The number of nitrogens with zero attached hydrogens (tertiary/aromatic N) is 1. The van der Waals surface area contributed by atoms with Gasteiger partial charge >= 0.3 is 0 Å². The summed E-state index contributed by atoms with van der Waals surface area (Å²) in [6, 6.07) is 0.268. The zero-order valence-corrected chi connectivity index (χ0v) is 18.7. The molecule has 24 heavy (non-hydrogen) atoms. The highest BCUT2D eigenvalue weighted by Gasteiger charge is 2.25. The van der Waals surface area contributed by atoms with E-state index in [2.05, 4.69) is 20.3 Å². The molecule has 0 heterocycles. The predicted octanol–water partition coefficient (Wildman–Crippen LogP) is 0.789. The van der Waals surface area contributed by atoms with Gasteiger partial charge in [0.1, 0.15) is 0 Å². The minimum Gasteiger partial charge on any atom is -0.357 e. The Balaban J connectivity index is 0.00000529. The molecule has 0 spiro atoms.